The molecule has 70 valence electrons. The van der Waals surface area contributed by atoms with Crippen LogP contribution in [0, 0.1) is 0 Å². The number of alkyl halides is 1. The fourth-order valence-corrected chi connectivity index (χ4v) is 1.69. The standard InChI is InChI=1S/C9H12FN3/c10-9(3-5-12-6-9)7-2-1-4-13-8(7)11/h1-2,4,12H,3,5-6H2,(H2,11,13). The Morgan fingerprint density at radius 1 is 1.62 bits per heavy atom. The summed E-state index contributed by atoms with van der Waals surface area (Å²) >= 11 is 0. The van der Waals surface area contributed by atoms with E-state index in [1.807, 2.05) is 0 Å². The van der Waals surface area contributed by atoms with Gasteiger partial charge in [0.25, 0.3) is 0 Å². The van der Waals surface area contributed by atoms with Crippen LogP contribution < -0.4 is 11.1 Å². The summed E-state index contributed by atoms with van der Waals surface area (Å²) in [5, 5.41) is 2.98. The van der Waals surface area contributed by atoms with Crippen LogP contribution in [0.25, 0.3) is 0 Å². The second-order valence-electron chi connectivity index (χ2n) is 3.33. The molecule has 0 aromatic carbocycles. The molecule has 1 unspecified atom stereocenters. The number of hydrogen-bond acceptors (Lipinski definition) is 3. The van der Waals surface area contributed by atoms with E-state index >= 15 is 0 Å². The van der Waals surface area contributed by atoms with Crippen LogP contribution in [0.1, 0.15) is 12.0 Å². The first kappa shape index (κ1) is 8.44. The molecular formula is C9H12FN3. The van der Waals surface area contributed by atoms with Gasteiger partial charge in [0.05, 0.1) is 0 Å². The Bertz CT molecular complexity index is 307. The lowest BCUT2D eigenvalue weighted by Gasteiger charge is -2.19. The van der Waals surface area contributed by atoms with Gasteiger partial charge in [-0.2, -0.15) is 0 Å². The Morgan fingerprint density at radius 3 is 3.08 bits per heavy atom. The molecule has 0 spiro atoms. The minimum Gasteiger partial charge on any atom is -0.383 e. The van der Waals surface area contributed by atoms with Crippen molar-refractivity contribution in [2.45, 2.75) is 12.1 Å². The van der Waals surface area contributed by atoms with E-state index < -0.39 is 5.67 Å². The molecule has 0 radical (unpaired) electrons. The largest absolute Gasteiger partial charge is 0.383 e. The maximum atomic E-state index is 14.1. The molecule has 1 aliphatic heterocycles. The maximum Gasteiger partial charge on any atom is 0.153 e. The Balaban J connectivity index is 2.39. The number of anilines is 1. The topological polar surface area (TPSA) is 50.9 Å². The van der Waals surface area contributed by atoms with Crippen LogP contribution in [0.5, 0.6) is 0 Å². The van der Waals surface area contributed by atoms with Gasteiger partial charge in [0, 0.05) is 18.3 Å². The van der Waals surface area contributed by atoms with Gasteiger partial charge < -0.3 is 11.1 Å². The van der Waals surface area contributed by atoms with Crippen LogP contribution in [-0.2, 0) is 5.67 Å². The minimum absolute atomic E-state index is 0.300. The summed E-state index contributed by atoms with van der Waals surface area (Å²) in [5.41, 5.74) is 4.80. The summed E-state index contributed by atoms with van der Waals surface area (Å²) in [6.07, 6.45) is 2.05. The molecule has 1 aromatic heterocycles. The number of nitrogens with two attached hydrogens (primary N) is 1. The number of rotatable bonds is 1. The fraction of sp³-hybridized carbons (Fsp3) is 0.444. The van der Waals surface area contributed by atoms with Crippen LogP contribution in [0.4, 0.5) is 10.2 Å². The zero-order valence-corrected chi connectivity index (χ0v) is 7.26. The van der Waals surface area contributed by atoms with Crippen molar-refractivity contribution in [3.63, 3.8) is 0 Å². The van der Waals surface area contributed by atoms with Gasteiger partial charge in [0.15, 0.2) is 5.67 Å². The molecule has 1 fully saturated rings. The molecule has 0 aliphatic carbocycles. The molecule has 1 aliphatic rings. The Kier molecular flexibility index (Phi) is 1.92. The fourth-order valence-electron chi connectivity index (χ4n) is 1.69. The third-order valence-electron chi connectivity index (χ3n) is 2.42. The lowest BCUT2D eigenvalue weighted by Crippen LogP contribution is -2.24. The molecule has 2 rings (SSSR count). The van der Waals surface area contributed by atoms with Crippen LogP contribution >= 0.6 is 0 Å². The van der Waals surface area contributed by atoms with Crippen molar-refractivity contribution in [1.29, 1.82) is 0 Å². The van der Waals surface area contributed by atoms with E-state index in [1.54, 1.807) is 18.3 Å². The Labute approximate surface area is 76.2 Å². The van der Waals surface area contributed by atoms with Crippen molar-refractivity contribution >= 4 is 5.82 Å². The van der Waals surface area contributed by atoms with Crippen molar-refractivity contribution in [1.82, 2.24) is 10.3 Å². The normalized spacial score (nSPS) is 27.8. The van der Waals surface area contributed by atoms with Gasteiger partial charge >= 0.3 is 0 Å². The number of nitrogens with one attached hydrogen (secondary N) is 1. The first-order valence-electron chi connectivity index (χ1n) is 4.33. The van der Waals surface area contributed by atoms with Gasteiger partial charge in [0.1, 0.15) is 5.82 Å². The summed E-state index contributed by atoms with van der Waals surface area (Å²) in [7, 11) is 0. The Hall–Kier alpha value is -1.16. The molecule has 4 heteroatoms. The van der Waals surface area contributed by atoms with Crippen molar-refractivity contribution in [3.8, 4) is 0 Å². The highest BCUT2D eigenvalue weighted by Gasteiger charge is 2.37. The van der Waals surface area contributed by atoms with Crippen LogP contribution in [0.15, 0.2) is 18.3 Å². The third-order valence-corrected chi connectivity index (χ3v) is 2.42. The average Bonchev–Trinajstić information content (AvgIpc) is 2.54. The van der Waals surface area contributed by atoms with Gasteiger partial charge in [-0.15, -0.1) is 0 Å². The van der Waals surface area contributed by atoms with E-state index in [0.717, 1.165) is 0 Å². The maximum absolute atomic E-state index is 14.1. The SMILES string of the molecule is Nc1ncccc1C1(F)CCNC1. The number of aromatic nitrogens is 1. The lowest BCUT2D eigenvalue weighted by molar-refractivity contribution is 0.194. The zero-order chi connectivity index (χ0) is 9.31. The van der Waals surface area contributed by atoms with Crippen molar-refractivity contribution in [2.75, 3.05) is 18.8 Å². The van der Waals surface area contributed by atoms with Gasteiger partial charge in [-0.1, -0.05) is 6.07 Å². The second-order valence-corrected chi connectivity index (χ2v) is 3.33. The predicted octanol–water partition coefficient (Wildman–Crippen LogP) is 0.822. The van der Waals surface area contributed by atoms with E-state index in [0.29, 0.717) is 30.9 Å². The van der Waals surface area contributed by atoms with Gasteiger partial charge in [-0.25, -0.2) is 9.37 Å². The van der Waals surface area contributed by atoms with Crippen molar-refractivity contribution in [3.05, 3.63) is 23.9 Å². The van der Waals surface area contributed by atoms with Crippen LogP contribution in [0.3, 0.4) is 0 Å². The summed E-state index contributed by atoms with van der Waals surface area (Å²) in [6.45, 7) is 1.04. The minimum atomic E-state index is -1.32. The zero-order valence-electron chi connectivity index (χ0n) is 7.26. The van der Waals surface area contributed by atoms with Crippen molar-refractivity contribution in [2.24, 2.45) is 0 Å². The highest BCUT2D eigenvalue weighted by Crippen LogP contribution is 2.34. The van der Waals surface area contributed by atoms with Crippen LogP contribution in [-0.4, -0.2) is 18.1 Å². The predicted molar refractivity (Wildman–Crippen MR) is 48.9 cm³/mol. The third kappa shape index (κ3) is 1.37. The molecule has 0 saturated carbocycles. The first-order valence-corrected chi connectivity index (χ1v) is 4.33. The molecule has 2 heterocycles. The van der Waals surface area contributed by atoms with Crippen LogP contribution in [0.2, 0.25) is 0 Å². The lowest BCUT2D eigenvalue weighted by atomic mass is 9.96. The molecule has 3 N–H and O–H groups in total. The number of nitrogen functional groups attached to an aromatic ring is 1. The van der Waals surface area contributed by atoms with Gasteiger partial charge in [-0.05, 0) is 19.0 Å². The van der Waals surface area contributed by atoms with E-state index in [4.69, 9.17) is 5.73 Å². The monoisotopic (exact) mass is 181 g/mol. The number of pyridine rings is 1. The molecule has 0 amide bonds. The summed E-state index contributed by atoms with van der Waals surface area (Å²) in [6, 6.07) is 3.42. The quantitative estimate of drug-likeness (QED) is 0.674. The molecule has 0 bridgehead atoms. The van der Waals surface area contributed by atoms with E-state index in [9.17, 15) is 4.39 Å². The molecule has 1 saturated heterocycles. The number of halogens is 1. The number of nitrogens with zero attached hydrogens (tertiary/aromatic N) is 1. The molecule has 3 nitrogen and oxygen atoms in total. The van der Waals surface area contributed by atoms with Gasteiger partial charge in [-0.3, -0.25) is 0 Å². The van der Waals surface area contributed by atoms with E-state index in [1.165, 1.54) is 0 Å². The molecule has 1 atom stereocenters. The highest BCUT2D eigenvalue weighted by molar-refractivity contribution is 5.43. The van der Waals surface area contributed by atoms with Gasteiger partial charge in [0.2, 0.25) is 0 Å². The first-order chi connectivity index (χ1) is 6.22. The molecular weight excluding hydrogens is 169 g/mol. The molecule has 13 heavy (non-hydrogen) atoms. The average molecular weight is 181 g/mol. The summed E-state index contributed by atoms with van der Waals surface area (Å²) < 4.78 is 14.1. The summed E-state index contributed by atoms with van der Waals surface area (Å²) in [5.74, 6) is 0.300. The number of hydrogen-bond donors (Lipinski definition) is 2. The van der Waals surface area contributed by atoms with E-state index in [-0.39, 0.29) is 0 Å². The highest BCUT2D eigenvalue weighted by atomic mass is 19.1. The smallest absolute Gasteiger partial charge is 0.153 e. The molecule has 1 aromatic rings. The Morgan fingerprint density at radius 2 is 2.46 bits per heavy atom. The van der Waals surface area contributed by atoms with E-state index in [2.05, 4.69) is 10.3 Å². The second kappa shape index (κ2) is 2.96. The summed E-state index contributed by atoms with van der Waals surface area (Å²) in [4.78, 5) is 3.88. The van der Waals surface area contributed by atoms with Crippen molar-refractivity contribution < 1.29 is 4.39 Å².